The van der Waals surface area contributed by atoms with Gasteiger partial charge in [-0.25, -0.2) is 14.3 Å². The Morgan fingerprint density at radius 3 is 2.46 bits per heavy atom. The van der Waals surface area contributed by atoms with Gasteiger partial charge in [-0.2, -0.15) is 18.3 Å². The van der Waals surface area contributed by atoms with Crippen molar-refractivity contribution in [3.8, 4) is 0 Å². The Bertz CT molecular complexity index is 1340. The molecule has 11 heteroatoms. The molecule has 3 atom stereocenters. The number of alkyl carbamates (subject to hydrolysis) is 1. The Labute approximate surface area is 223 Å². The van der Waals surface area contributed by atoms with E-state index in [-0.39, 0.29) is 31.4 Å². The maximum atomic E-state index is 13.1. The van der Waals surface area contributed by atoms with Gasteiger partial charge in [0.05, 0.1) is 23.6 Å². The van der Waals surface area contributed by atoms with Gasteiger partial charge in [0, 0.05) is 12.3 Å². The van der Waals surface area contributed by atoms with Crippen molar-refractivity contribution in [2.24, 2.45) is 23.7 Å². The molecule has 1 saturated heterocycles. The number of hydrogen-bond acceptors (Lipinski definition) is 5. The van der Waals surface area contributed by atoms with Gasteiger partial charge in [-0.3, -0.25) is 4.79 Å². The number of carbonyl (C=O) groups excluding carboxylic acids is 2. The fourth-order valence-corrected chi connectivity index (χ4v) is 5.73. The van der Waals surface area contributed by atoms with E-state index in [1.807, 2.05) is 35.6 Å². The van der Waals surface area contributed by atoms with Gasteiger partial charge in [-0.1, -0.05) is 30.3 Å². The summed E-state index contributed by atoms with van der Waals surface area (Å²) in [6, 6.07) is 10.7. The van der Waals surface area contributed by atoms with Crippen molar-refractivity contribution < 1.29 is 27.5 Å². The van der Waals surface area contributed by atoms with E-state index in [9.17, 15) is 22.8 Å². The summed E-state index contributed by atoms with van der Waals surface area (Å²) in [5, 5.41) is 9.67. The van der Waals surface area contributed by atoms with Gasteiger partial charge < -0.3 is 15.4 Å². The van der Waals surface area contributed by atoms with E-state index in [4.69, 9.17) is 9.72 Å². The summed E-state index contributed by atoms with van der Waals surface area (Å²) in [6.45, 7) is 0.164. The molecular weight excluding hydrogens is 511 g/mol. The number of fused-ring (bicyclic) bond motifs is 1. The monoisotopic (exact) mass is 541 g/mol. The molecule has 0 bridgehead atoms. The first-order chi connectivity index (χ1) is 18.7. The molecule has 2 aromatic heterocycles. The molecule has 0 radical (unpaired) electrons. The number of rotatable bonds is 9. The number of alkyl halides is 3. The molecule has 2 saturated carbocycles. The Morgan fingerprint density at radius 2 is 1.82 bits per heavy atom. The molecule has 0 unspecified atom stereocenters. The largest absolute Gasteiger partial charge is 0.445 e. The highest BCUT2D eigenvalue weighted by Gasteiger charge is 2.48. The second-order valence-electron chi connectivity index (χ2n) is 11.0. The smallest absolute Gasteiger partial charge is 0.408 e. The third kappa shape index (κ3) is 5.86. The first-order valence-electron chi connectivity index (χ1n) is 13.4. The van der Waals surface area contributed by atoms with Crippen LogP contribution in [-0.4, -0.2) is 38.8 Å². The van der Waals surface area contributed by atoms with Crippen molar-refractivity contribution in [2.45, 2.75) is 63.4 Å². The van der Waals surface area contributed by atoms with Crippen LogP contribution in [0, 0.1) is 23.7 Å². The molecule has 2 aliphatic carbocycles. The molecule has 0 spiro atoms. The number of halogens is 3. The van der Waals surface area contributed by atoms with Crippen LogP contribution in [0.25, 0.3) is 5.65 Å². The average molecular weight is 542 g/mol. The Morgan fingerprint density at radius 1 is 1.10 bits per heavy atom. The van der Waals surface area contributed by atoms with Gasteiger partial charge in [-0.15, -0.1) is 0 Å². The van der Waals surface area contributed by atoms with Gasteiger partial charge in [0.15, 0.2) is 5.65 Å². The minimum atomic E-state index is -4.47. The van der Waals surface area contributed by atoms with E-state index in [1.165, 1.54) is 0 Å². The molecule has 206 valence electrons. The Balaban J connectivity index is 1.20. The van der Waals surface area contributed by atoms with Crippen LogP contribution >= 0.6 is 0 Å². The predicted molar refractivity (Wildman–Crippen MR) is 134 cm³/mol. The fourth-order valence-electron chi connectivity index (χ4n) is 5.73. The Hall–Kier alpha value is -3.63. The zero-order valence-electron chi connectivity index (χ0n) is 21.2. The minimum absolute atomic E-state index is 0.0993. The average Bonchev–Trinajstić information content (AvgIpc) is 3.84. The van der Waals surface area contributed by atoms with Crippen LogP contribution in [0.2, 0.25) is 0 Å². The summed E-state index contributed by atoms with van der Waals surface area (Å²) in [5.74, 6) is -0.117. The molecule has 6 rings (SSSR count). The maximum absolute atomic E-state index is 13.1. The van der Waals surface area contributed by atoms with Crippen molar-refractivity contribution in [2.75, 3.05) is 0 Å². The van der Waals surface area contributed by atoms with E-state index in [2.05, 4.69) is 10.4 Å². The summed E-state index contributed by atoms with van der Waals surface area (Å²) in [7, 11) is 0. The van der Waals surface area contributed by atoms with Gasteiger partial charge in [0.25, 0.3) is 0 Å². The van der Waals surface area contributed by atoms with Crippen molar-refractivity contribution in [3.63, 3.8) is 0 Å². The highest BCUT2D eigenvalue weighted by molar-refractivity contribution is 5.81. The number of ether oxygens (including phenoxy) is 1. The molecule has 3 aliphatic rings. The summed E-state index contributed by atoms with van der Waals surface area (Å²) in [6.07, 6.45) is 1.07. The molecule has 39 heavy (non-hydrogen) atoms. The van der Waals surface area contributed by atoms with Crippen molar-refractivity contribution in [1.29, 1.82) is 0 Å². The van der Waals surface area contributed by atoms with Gasteiger partial charge in [0.2, 0.25) is 5.91 Å². The fraction of sp³-hybridized carbons (Fsp3) is 0.500. The van der Waals surface area contributed by atoms with Crippen molar-refractivity contribution >= 4 is 17.6 Å². The molecule has 3 aromatic rings. The molecule has 3 fully saturated rings. The van der Waals surface area contributed by atoms with Crippen molar-refractivity contribution in [3.05, 3.63) is 65.6 Å². The predicted octanol–water partition coefficient (Wildman–Crippen LogP) is 4.74. The number of benzene rings is 1. The standard InChI is InChI=1S/C28H30F3N5O3/c29-28(30,31)22-13-19(26(37)33-22)12-20-10-11-23-32-21(14-36(23)35-20)25(24(17-6-7-17)18-8-9-18)34-27(38)39-15-16-4-2-1-3-5-16/h1-5,10-11,14,17-19,22,24-25H,6-9,12-13,15H2,(H,33,37)(H,34,38)/t19-,22-,25+/m0/s1. The van der Waals surface area contributed by atoms with E-state index in [1.54, 1.807) is 22.8 Å². The van der Waals surface area contributed by atoms with Crippen LogP contribution in [0.5, 0.6) is 0 Å². The molecule has 3 heterocycles. The number of nitrogens with zero attached hydrogens (tertiary/aromatic N) is 3. The lowest BCUT2D eigenvalue weighted by molar-refractivity contribution is -0.154. The minimum Gasteiger partial charge on any atom is -0.445 e. The summed E-state index contributed by atoms with van der Waals surface area (Å²) < 4.78 is 46.3. The number of hydrogen-bond donors (Lipinski definition) is 2. The van der Waals surface area contributed by atoms with E-state index >= 15 is 0 Å². The number of amides is 2. The lowest BCUT2D eigenvalue weighted by Crippen LogP contribution is -2.38. The first kappa shape index (κ1) is 25.6. The molecule has 1 aliphatic heterocycles. The van der Waals surface area contributed by atoms with Crippen molar-refractivity contribution in [1.82, 2.24) is 25.2 Å². The normalized spacial score (nSPS) is 22.2. The quantitative estimate of drug-likeness (QED) is 0.408. The summed E-state index contributed by atoms with van der Waals surface area (Å²) in [4.78, 5) is 29.8. The third-order valence-electron chi connectivity index (χ3n) is 7.97. The van der Waals surface area contributed by atoms with Crippen LogP contribution in [0.4, 0.5) is 18.0 Å². The van der Waals surface area contributed by atoms with Crippen LogP contribution in [0.3, 0.4) is 0 Å². The zero-order valence-corrected chi connectivity index (χ0v) is 21.2. The Kier molecular flexibility index (Phi) is 6.68. The highest BCUT2D eigenvalue weighted by Crippen LogP contribution is 2.54. The first-order valence-corrected chi connectivity index (χ1v) is 13.4. The SMILES string of the molecule is O=C(N[C@H](c1cn2nc(C[C@H]3C[C@@H](C(F)(F)F)NC3=O)ccc2n1)C(C1CC1)C1CC1)OCc1ccccc1. The topological polar surface area (TPSA) is 97.6 Å². The van der Waals surface area contributed by atoms with Crippen LogP contribution in [0.15, 0.2) is 48.7 Å². The third-order valence-corrected chi connectivity index (χ3v) is 7.97. The lowest BCUT2D eigenvalue weighted by Gasteiger charge is -2.26. The lowest BCUT2D eigenvalue weighted by atomic mass is 9.88. The van der Waals surface area contributed by atoms with Gasteiger partial charge in [-0.05, 0) is 67.6 Å². The second-order valence-corrected chi connectivity index (χ2v) is 11.0. The van der Waals surface area contributed by atoms with E-state index in [0.717, 1.165) is 31.2 Å². The second kappa shape index (κ2) is 10.2. The molecule has 1 aromatic carbocycles. The molecule has 2 N–H and O–H groups in total. The van der Waals surface area contributed by atoms with Gasteiger partial charge in [0.1, 0.15) is 12.6 Å². The molecule has 2 amide bonds. The number of nitrogens with one attached hydrogen (secondary N) is 2. The number of aromatic nitrogens is 3. The number of carbonyl (C=O) groups is 2. The van der Waals surface area contributed by atoms with E-state index in [0.29, 0.717) is 28.9 Å². The molecule has 8 nitrogen and oxygen atoms in total. The van der Waals surface area contributed by atoms with Crippen LogP contribution in [-0.2, 0) is 22.6 Å². The number of imidazole rings is 1. The zero-order chi connectivity index (χ0) is 27.1. The molecular formula is C28H30F3N5O3. The maximum Gasteiger partial charge on any atom is 0.408 e. The summed E-state index contributed by atoms with van der Waals surface area (Å²) >= 11 is 0. The van der Waals surface area contributed by atoms with Crippen LogP contribution < -0.4 is 10.6 Å². The highest BCUT2D eigenvalue weighted by atomic mass is 19.4. The van der Waals surface area contributed by atoms with Crippen LogP contribution in [0.1, 0.15) is 55.1 Å². The van der Waals surface area contributed by atoms with E-state index < -0.39 is 30.1 Å². The van der Waals surface area contributed by atoms with Gasteiger partial charge >= 0.3 is 12.3 Å². The summed E-state index contributed by atoms with van der Waals surface area (Å²) in [5.41, 5.74) is 2.64.